The van der Waals surface area contributed by atoms with Gasteiger partial charge in [0.25, 0.3) is 5.91 Å². The SMILES string of the molecule is O=C1c2oc3ccc(Cl)cc3c(=O)c2[C@H](c2cccc(Cl)c2)N1c1nccs1. The fourth-order valence-electron chi connectivity index (χ4n) is 3.47. The number of hydrogen-bond acceptors (Lipinski definition) is 5. The summed E-state index contributed by atoms with van der Waals surface area (Å²) >= 11 is 13.6. The van der Waals surface area contributed by atoms with E-state index >= 15 is 0 Å². The highest BCUT2D eigenvalue weighted by Crippen LogP contribution is 2.42. The summed E-state index contributed by atoms with van der Waals surface area (Å²) in [6.07, 6.45) is 1.61. The fourth-order valence-corrected chi connectivity index (χ4v) is 4.51. The smallest absolute Gasteiger partial charge is 0.297 e. The van der Waals surface area contributed by atoms with Crippen molar-refractivity contribution in [3.8, 4) is 0 Å². The molecule has 5 nitrogen and oxygen atoms in total. The van der Waals surface area contributed by atoms with Crippen molar-refractivity contribution in [2.75, 3.05) is 4.90 Å². The molecule has 0 fully saturated rings. The molecule has 1 atom stereocenters. The molecule has 1 amide bonds. The standard InChI is InChI=1S/C20H10Cl2N2O3S/c21-11-3-1-2-10(8-11)16-15-17(25)13-9-12(22)4-5-14(13)27-18(15)19(26)24(16)20-23-6-7-28-20/h1-9,16H/t16-/m0/s1. The number of hydrogen-bond donors (Lipinski definition) is 0. The zero-order valence-electron chi connectivity index (χ0n) is 14.1. The maximum atomic E-state index is 13.4. The third kappa shape index (κ3) is 2.57. The molecular formula is C20H10Cl2N2O3S. The van der Waals surface area contributed by atoms with Gasteiger partial charge in [-0.15, -0.1) is 11.3 Å². The monoisotopic (exact) mass is 428 g/mol. The summed E-state index contributed by atoms with van der Waals surface area (Å²) in [4.78, 5) is 32.3. The average Bonchev–Trinajstić information content (AvgIpc) is 3.29. The van der Waals surface area contributed by atoms with Crippen molar-refractivity contribution >= 4 is 56.5 Å². The van der Waals surface area contributed by atoms with Crippen LogP contribution in [0.4, 0.5) is 5.13 Å². The minimum absolute atomic E-state index is 0.0139. The Morgan fingerprint density at radius 2 is 1.89 bits per heavy atom. The van der Waals surface area contributed by atoms with E-state index in [0.29, 0.717) is 31.7 Å². The van der Waals surface area contributed by atoms with Gasteiger partial charge >= 0.3 is 0 Å². The summed E-state index contributed by atoms with van der Waals surface area (Å²) in [6, 6.07) is 11.1. The number of nitrogens with zero attached hydrogens (tertiary/aromatic N) is 2. The number of halogens is 2. The number of carbonyl (C=O) groups is 1. The minimum atomic E-state index is -0.688. The first-order valence-electron chi connectivity index (χ1n) is 8.29. The molecule has 0 N–H and O–H groups in total. The quantitative estimate of drug-likeness (QED) is 0.434. The van der Waals surface area contributed by atoms with Crippen LogP contribution in [0, 0.1) is 0 Å². The van der Waals surface area contributed by atoms with Crippen LogP contribution in [0.2, 0.25) is 10.0 Å². The lowest BCUT2D eigenvalue weighted by molar-refractivity contribution is 0.0971. The molecule has 0 aliphatic carbocycles. The van der Waals surface area contributed by atoms with E-state index in [1.807, 2.05) is 6.07 Å². The normalized spacial score (nSPS) is 16.0. The number of anilines is 1. The lowest BCUT2D eigenvalue weighted by Gasteiger charge is -2.22. The highest BCUT2D eigenvalue weighted by molar-refractivity contribution is 7.13. The van der Waals surface area contributed by atoms with Crippen LogP contribution in [0.15, 0.2) is 63.3 Å². The van der Waals surface area contributed by atoms with E-state index < -0.39 is 11.9 Å². The van der Waals surface area contributed by atoms with Crippen LogP contribution in [0.25, 0.3) is 11.0 Å². The first kappa shape index (κ1) is 17.4. The van der Waals surface area contributed by atoms with Crippen molar-refractivity contribution in [1.82, 2.24) is 4.98 Å². The molecule has 5 rings (SSSR count). The zero-order valence-corrected chi connectivity index (χ0v) is 16.4. The third-order valence-electron chi connectivity index (χ3n) is 4.62. The Labute approximate surface area is 172 Å². The molecule has 0 saturated heterocycles. The Kier molecular flexibility index (Phi) is 4.01. The Morgan fingerprint density at radius 1 is 1.07 bits per heavy atom. The van der Waals surface area contributed by atoms with Gasteiger partial charge in [0.05, 0.1) is 17.0 Å². The fraction of sp³-hybridized carbons (Fsp3) is 0.0500. The van der Waals surface area contributed by atoms with E-state index in [-0.39, 0.29) is 16.8 Å². The van der Waals surface area contributed by atoms with Crippen LogP contribution in [0.3, 0.4) is 0 Å². The third-order valence-corrected chi connectivity index (χ3v) is 5.86. The molecule has 8 heteroatoms. The number of thiazole rings is 1. The number of benzene rings is 2. The molecule has 0 saturated carbocycles. The number of fused-ring (bicyclic) bond motifs is 2. The molecule has 4 aromatic rings. The molecule has 2 aromatic heterocycles. The molecular weight excluding hydrogens is 419 g/mol. The Balaban J connectivity index is 1.85. The van der Waals surface area contributed by atoms with Gasteiger partial charge in [-0.3, -0.25) is 14.5 Å². The van der Waals surface area contributed by atoms with Crippen molar-refractivity contribution in [3.63, 3.8) is 0 Å². The van der Waals surface area contributed by atoms with Gasteiger partial charge in [0.15, 0.2) is 10.6 Å². The molecule has 28 heavy (non-hydrogen) atoms. The van der Waals surface area contributed by atoms with Crippen LogP contribution < -0.4 is 10.3 Å². The van der Waals surface area contributed by atoms with Crippen LogP contribution in [-0.4, -0.2) is 10.9 Å². The maximum Gasteiger partial charge on any atom is 0.297 e. The van der Waals surface area contributed by atoms with E-state index in [1.54, 1.807) is 48.0 Å². The first-order chi connectivity index (χ1) is 13.5. The summed E-state index contributed by atoms with van der Waals surface area (Å²) in [5.74, 6) is -0.399. The highest BCUT2D eigenvalue weighted by atomic mass is 35.5. The predicted molar refractivity (Wildman–Crippen MR) is 110 cm³/mol. The van der Waals surface area contributed by atoms with E-state index in [1.165, 1.54) is 16.2 Å². The minimum Gasteiger partial charge on any atom is -0.450 e. The summed E-state index contributed by atoms with van der Waals surface area (Å²) in [6.45, 7) is 0. The molecule has 0 bridgehead atoms. The maximum absolute atomic E-state index is 13.4. The van der Waals surface area contributed by atoms with Crippen molar-refractivity contribution in [2.24, 2.45) is 0 Å². The number of aromatic nitrogens is 1. The van der Waals surface area contributed by atoms with Gasteiger partial charge in [-0.25, -0.2) is 4.98 Å². The van der Waals surface area contributed by atoms with Gasteiger partial charge in [0.2, 0.25) is 5.76 Å². The van der Waals surface area contributed by atoms with Crippen molar-refractivity contribution in [1.29, 1.82) is 0 Å². The first-order valence-corrected chi connectivity index (χ1v) is 9.93. The second-order valence-corrected chi connectivity index (χ2v) is 8.01. The summed E-state index contributed by atoms with van der Waals surface area (Å²) in [5.41, 5.74) is 0.976. The van der Waals surface area contributed by atoms with E-state index in [0.717, 1.165) is 0 Å². The summed E-state index contributed by atoms with van der Waals surface area (Å²) < 4.78 is 5.86. The Bertz CT molecular complexity index is 1300. The van der Waals surface area contributed by atoms with Gasteiger partial charge in [0.1, 0.15) is 5.58 Å². The second-order valence-electron chi connectivity index (χ2n) is 6.26. The number of carbonyl (C=O) groups excluding carboxylic acids is 1. The molecule has 0 spiro atoms. The Morgan fingerprint density at radius 3 is 2.64 bits per heavy atom. The zero-order chi connectivity index (χ0) is 19.4. The van der Waals surface area contributed by atoms with Crippen LogP contribution >= 0.6 is 34.5 Å². The van der Waals surface area contributed by atoms with Gasteiger partial charge < -0.3 is 4.42 Å². The van der Waals surface area contributed by atoms with Crippen LogP contribution in [-0.2, 0) is 0 Å². The largest absolute Gasteiger partial charge is 0.450 e. The van der Waals surface area contributed by atoms with Gasteiger partial charge in [0, 0.05) is 21.6 Å². The van der Waals surface area contributed by atoms with E-state index in [4.69, 9.17) is 27.6 Å². The molecule has 3 heterocycles. The lowest BCUT2D eigenvalue weighted by Crippen LogP contribution is -2.29. The summed E-state index contributed by atoms with van der Waals surface area (Å²) in [5, 5.41) is 3.49. The molecule has 0 radical (unpaired) electrons. The van der Waals surface area contributed by atoms with E-state index in [2.05, 4.69) is 4.98 Å². The predicted octanol–water partition coefficient (Wildman–Crippen LogP) is 5.31. The van der Waals surface area contributed by atoms with Gasteiger partial charge in [-0.05, 0) is 35.9 Å². The van der Waals surface area contributed by atoms with Crippen molar-refractivity contribution < 1.29 is 9.21 Å². The molecule has 1 aliphatic heterocycles. The average molecular weight is 429 g/mol. The lowest BCUT2D eigenvalue weighted by atomic mass is 9.99. The van der Waals surface area contributed by atoms with Gasteiger partial charge in [-0.2, -0.15) is 0 Å². The van der Waals surface area contributed by atoms with Crippen LogP contribution in [0.1, 0.15) is 27.7 Å². The van der Waals surface area contributed by atoms with E-state index in [9.17, 15) is 9.59 Å². The highest BCUT2D eigenvalue weighted by Gasteiger charge is 2.44. The topological polar surface area (TPSA) is 63.4 Å². The molecule has 0 unspecified atom stereocenters. The molecule has 138 valence electrons. The van der Waals surface area contributed by atoms with Crippen molar-refractivity contribution in [3.05, 3.63) is 91.2 Å². The second kappa shape index (κ2) is 6.44. The van der Waals surface area contributed by atoms with Crippen LogP contribution in [0.5, 0.6) is 0 Å². The summed E-state index contributed by atoms with van der Waals surface area (Å²) in [7, 11) is 0. The number of rotatable bonds is 2. The molecule has 1 aliphatic rings. The molecule has 2 aromatic carbocycles. The van der Waals surface area contributed by atoms with Crippen molar-refractivity contribution in [2.45, 2.75) is 6.04 Å². The number of amides is 1. The Hall–Kier alpha value is -2.67. The van der Waals surface area contributed by atoms with Gasteiger partial charge in [-0.1, -0.05) is 35.3 Å².